The molecule has 2 aliphatic carbocycles. The molecule has 114 valence electrons. The van der Waals surface area contributed by atoms with E-state index in [1.807, 2.05) is 24.3 Å². The summed E-state index contributed by atoms with van der Waals surface area (Å²) in [4.78, 5) is 12.5. The number of carbonyl (C=O) groups is 1. The van der Waals surface area contributed by atoms with Gasteiger partial charge in [0, 0.05) is 18.3 Å². The highest BCUT2D eigenvalue weighted by Gasteiger charge is 2.39. The fraction of sp³-hybridized carbons (Fsp3) is 0.611. The van der Waals surface area contributed by atoms with Crippen molar-refractivity contribution in [2.45, 2.75) is 45.6 Å². The second-order valence-electron chi connectivity index (χ2n) is 6.99. The summed E-state index contributed by atoms with van der Waals surface area (Å²) in [5.41, 5.74) is 1.69. The van der Waals surface area contributed by atoms with Crippen molar-refractivity contribution in [3.05, 3.63) is 29.8 Å². The van der Waals surface area contributed by atoms with Gasteiger partial charge in [0.15, 0.2) is 0 Å². The van der Waals surface area contributed by atoms with Gasteiger partial charge in [-0.2, -0.15) is 0 Å². The monoisotopic (exact) mass is 286 g/mol. The van der Waals surface area contributed by atoms with Crippen molar-refractivity contribution in [2.24, 2.45) is 17.8 Å². The van der Waals surface area contributed by atoms with Crippen LogP contribution in [0.1, 0.15) is 49.9 Å². The Balaban J connectivity index is 1.60. The van der Waals surface area contributed by atoms with Gasteiger partial charge < -0.3 is 10.6 Å². The summed E-state index contributed by atoms with van der Waals surface area (Å²) in [5.74, 6) is 2.56. The number of nitrogens with one attached hydrogen (secondary N) is 2. The zero-order chi connectivity index (χ0) is 14.8. The standard InChI is InChI=1S/C18H26N2O/c1-12(2)20-17-6-4-3-5-16(17)18(21)19-11-15-10-13-7-8-14(15)9-13/h3-6,12-15,20H,7-11H2,1-2H3,(H,19,21). The van der Waals surface area contributed by atoms with Crippen molar-refractivity contribution < 1.29 is 4.79 Å². The van der Waals surface area contributed by atoms with Crippen molar-refractivity contribution >= 4 is 11.6 Å². The highest BCUT2D eigenvalue weighted by Crippen LogP contribution is 2.47. The highest BCUT2D eigenvalue weighted by molar-refractivity contribution is 5.99. The maximum atomic E-state index is 12.5. The number of fused-ring (bicyclic) bond motifs is 2. The van der Waals surface area contributed by atoms with Gasteiger partial charge in [-0.25, -0.2) is 0 Å². The lowest BCUT2D eigenvalue weighted by atomic mass is 9.89. The highest BCUT2D eigenvalue weighted by atomic mass is 16.1. The van der Waals surface area contributed by atoms with Crippen LogP contribution in [0.4, 0.5) is 5.69 Å². The molecule has 2 saturated carbocycles. The first kappa shape index (κ1) is 14.4. The van der Waals surface area contributed by atoms with E-state index in [1.54, 1.807) is 0 Å². The summed E-state index contributed by atoms with van der Waals surface area (Å²) in [5, 5.41) is 6.51. The Morgan fingerprint density at radius 3 is 2.71 bits per heavy atom. The van der Waals surface area contributed by atoms with Gasteiger partial charge >= 0.3 is 0 Å². The van der Waals surface area contributed by atoms with Crippen LogP contribution >= 0.6 is 0 Å². The molecule has 2 fully saturated rings. The molecular formula is C18H26N2O. The fourth-order valence-electron chi connectivity index (χ4n) is 4.06. The second-order valence-corrected chi connectivity index (χ2v) is 6.99. The Kier molecular flexibility index (Phi) is 4.18. The van der Waals surface area contributed by atoms with E-state index in [0.29, 0.717) is 12.0 Å². The molecule has 1 amide bonds. The van der Waals surface area contributed by atoms with Crippen LogP contribution in [-0.2, 0) is 0 Å². The van der Waals surface area contributed by atoms with E-state index in [4.69, 9.17) is 0 Å². The number of amides is 1. The van der Waals surface area contributed by atoms with Crippen LogP contribution in [-0.4, -0.2) is 18.5 Å². The van der Waals surface area contributed by atoms with E-state index in [1.165, 1.54) is 25.7 Å². The number of hydrogen-bond donors (Lipinski definition) is 2. The first-order valence-corrected chi connectivity index (χ1v) is 8.27. The largest absolute Gasteiger partial charge is 0.382 e. The van der Waals surface area contributed by atoms with Crippen molar-refractivity contribution in [1.29, 1.82) is 0 Å². The minimum Gasteiger partial charge on any atom is -0.382 e. The number of anilines is 1. The van der Waals surface area contributed by atoms with Crippen LogP contribution in [0.25, 0.3) is 0 Å². The zero-order valence-corrected chi connectivity index (χ0v) is 13.1. The van der Waals surface area contributed by atoms with E-state index in [-0.39, 0.29) is 5.91 Å². The zero-order valence-electron chi connectivity index (χ0n) is 13.1. The van der Waals surface area contributed by atoms with Gasteiger partial charge in [-0.15, -0.1) is 0 Å². The Morgan fingerprint density at radius 2 is 2.05 bits per heavy atom. The number of rotatable bonds is 5. The Hall–Kier alpha value is -1.51. The SMILES string of the molecule is CC(C)Nc1ccccc1C(=O)NCC1CC2CCC1C2. The third-order valence-corrected chi connectivity index (χ3v) is 5.03. The van der Waals surface area contributed by atoms with Gasteiger partial charge in [-0.1, -0.05) is 18.6 Å². The minimum atomic E-state index is 0.0570. The fourth-order valence-corrected chi connectivity index (χ4v) is 4.06. The smallest absolute Gasteiger partial charge is 0.253 e. The third kappa shape index (κ3) is 3.22. The van der Waals surface area contributed by atoms with Crippen molar-refractivity contribution in [2.75, 3.05) is 11.9 Å². The molecule has 1 aromatic carbocycles. The lowest BCUT2D eigenvalue weighted by Crippen LogP contribution is -2.32. The number of para-hydroxylation sites is 1. The molecule has 21 heavy (non-hydrogen) atoms. The maximum Gasteiger partial charge on any atom is 0.253 e. The van der Waals surface area contributed by atoms with Crippen molar-refractivity contribution in [3.8, 4) is 0 Å². The molecule has 0 spiro atoms. The molecular weight excluding hydrogens is 260 g/mol. The summed E-state index contributed by atoms with van der Waals surface area (Å²) in [6.45, 7) is 5.02. The van der Waals surface area contributed by atoms with Crippen LogP contribution in [0.2, 0.25) is 0 Å². The summed E-state index contributed by atoms with van der Waals surface area (Å²) in [6.07, 6.45) is 5.50. The van der Waals surface area contributed by atoms with Crippen LogP contribution < -0.4 is 10.6 Å². The lowest BCUT2D eigenvalue weighted by molar-refractivity contribution is 0.0942. The predicted molar refractivity (Wildman–Crippen MR) is 86.5 cm³/mol. The minimum absolute atomic E-state index is 0.0570. The third-order valence-electron chi connectivity index (χ3n) is 5.03. The molecule has 2 bridgehead atoms. The normalized spacial score (nSPS) is 27.1. The van der Waals surface area contributed by atoms with E-state index in [2.05, 4.69) is 24.5 Å². The molecule has 3 unspecified atom stereocenters. The average molecular weight is 286 g/mol. The average Bonchev–Trinajstić information content (AvgIpc) is 3.07. The lowest BCUT2D eigenvalue weighted by Gasteiger charge is -2.22. The van der Waals surface area contributed by atoms with Crippen LogP contribution in [0.3, 0.4) is 0 Å². The van der Waals surface area contributed by atoms with E-state index in [9.17, 15) is 4.79 Å². The Bertz CT molecular complexity index is 512. The number of carbonyl (C=O) groups excluding carboxylic acids is 1. The van der Waals surface area contributed by atoms with Crippen LogP contribution in [0.5, 0.6) is 0 Å². The summed E-state index contributed by atoms with van der Waals surface area (Å²) < 4.78 is 0. The predicted octanol–water partition coefficient (Wildman–Crippen LogP) is 3.67. The first-order chi connectivity index (χ1) is 10.1. The molecule has 0 heterocycles. The maximum absolute atomic E-state index is 12.5. The molecule has 0 radical (unpaired) electrons. The molecule has 0 saturated heterocycles. The topological polar surface area (TPSA) is 41.1 Å². The van der Waals surface area contributed by atoms with Crippen molar-refractivity contribution in [1.82, 2.24) is 5.32 Å². The molecule has 3 atom stereocenters. The summed E-state index contributed by atoms with van der Waals surface area (Å²) >= 11 is 0. The number of hydrogen-bond acceptors (Lipinski definition) is 2. The quantitative estimate of drug-likeness (QED) is 0.867. The molecule has 0 aliphatic heterocycles. The van der Waals surface area contributed by atoms with Gasteiger partial charge in [0.05, 0.1) is 5.56 Å². The first-order valence-electron chi connectivity index (χ1n) is 8.27. The van der Waals surface area contributed by atoms with Gasteiger partial charge in [0.25, 0.3) is 5.91 Å². The summed E-state index contributed by atoms with van der Waals surface area (Å²) in [7, 11) is 0. The van der Waals surface area contributed by atoms with E-state index < -0.39 is 0 Å². The molecule has 1 aromatic rings. The van der Waals surface area contributed by atoms with E-state index >= 15 is 0 Å². The van der Waals surface area contributed by atoms with Crippen LogP contribution in [0, 0.1) is 17.8 Å². The van der Waals surface area contributed by atoms with Gasteiger partial charge in [0.1, 0.15) is 0 Å². The van der Waals surface area contributed by atoms with E-state index in [0.717, 1.165) is 29.6 Å². The molecule has 3 heteroatoms. The number of benzene rings is 1. The molecule has 0 aromatic heterocycles. The molecule has 2 N–H and O–H groups in total. The second kappa shape index (κ2) is 6.08. The van der Waals surface area contributed by atoms with Crippen LogP contribution in [0.15, 0.2) is 24.3 Å². The van der Waals surface area contributed by atoms with Gasteiger partial charge in [0.2, 0.25) is 0 Å². The summed E-state index contributed by atoms with van der Waals surface area (Å²) in [6, 6.07) is 8.10. The molecule has 2 aliphatic rings. The molecule has 3 rings (SSSR count). The van der Waals surface area contributed by atoms with Gasteiger partial charge in [-0.3, -0.25) is 4.79 Å². The van der Waals surface area contributed by atoms with Crippen molar-refractivity contribution in [3.63, 3.8) is 0 Å². The van der Waals surface area contributed by atoms with Gasteiger partial charge in [-0.05, 0) is 63.0 Å². The Labute approximate surface area is 127 Å². The molecule has 3 nitrogen and oxygen atoms in total. The Morgan fingerprint density at radius 1 is 1.24 bits per heavy atom.